The highest BCUT2D eigenvalue weighted by molar-refractivity contribution is 5.87. The standard InChI is InChI=1S/C34H31N3O3/c1-3-28-31(36-30-12-8-11-29(35-30)25-9-6-5-7-10-25)32(40-37-28)26-15-13-23(14-16-26)24-17-19-27(20-18-24)34(21-22-34)33(38)39-4-2/h5-20H,3-4,21-22H2,1-2H3,(H,35,36). The minimum Gasteiger partial charge on any atom is -0.465 e. The third-order valence-electron chi connectivity index (χ3n) is 7.50. The molecule has 200 valence electrons. The molecule has 3 aromatic carbocycles. The smallest absolute Gasteiger partial charge is 0.316 e. The van der Waals surface area contributed by atoms with Crippen molar-refractivity contribution in [3.63, 3.8) is 0 Å². The molecule has 40 heavy (non-hydrogen) atoms. The number of nitrogens with zero attached hydrogens (tertiary/aromatic N) is 2. The fourth-order valence-electron chi connectivity index (χ4n) is 5.09. The highest BCUT2D eigenvalue weighted by atomic mass is 16.5. The Morgan fingerprint density at radius 3 is 2.15 bits per heavy atom. The Morgan fingerprint density at radius 1 is 0.825 bits per heavy atom. The third kappa shape index (κ3) is 4.89. The van der Waals surface area contributed by atoms with Gasteiger partial charge in [0.25, 0.3) is 0 Å². The summed E-state index contributed by atoms with van der Waals surface area (Å²) in [4.78, 5) is 17.3. The zero-order valence-electron chi connectivity index (χ0n) is 22.7. The Bertz CT molecular complexity index is 1620. The van der Waals surface area contributed by atoms with Gasteiger partial charge in [0.2, 0.25) is 0 Å². The highest BCUT2D eigenvalue weighted by Gasteiger charge is 2.52. The molecule has 0 radical (unpaired) electrons. The molecular formula is C34H31N3O3. The summed E-state index contributed by atoms with van der Waals surface area (Å²) in [6.45, 7) is 4.31. The van der Waals surface area contributed by atoms with E-state index in [1.54, 1.807) is 0 Å². The Morgan fingerprint density at radius 2 is 1.50 bits per heavy atom. The number of hydrogen-bond acceptors (Lipinski definition) is 6. The molecule has 0 spiro atoms. The van der Waals surface area contributed by atoms with Crippen LogP contribution in [0.5, 0.6) is 0 Å². The van der Waals surface area contributed by atoms with Gasteiger partial charge in [-0.05, 0) is 55.0 Å². The maximum atomic E-state index is 12.5. The molecule has 0 unspecified atom stereocenters. The molecule has 6 nitrogen and oxygen atoms in total. The van der Waals surface area contributed by atoms with Crippen molar-refractivity contribution in [1.82, 2.24) is 10.1 Å². The molecule has 2 aromatic heterocycles. The highest BCUT2D eigenvalue weighted by Crippen LogP contribution is 2.49. The molecule has 5 aromatic rings. The van der Waals surface area contributed by atoms with E-state index in [0.717, 1.165) is 70.0 Å². The number of carbonyl (C=O) groups is 1. The first-order valence-electron chi connectivity index (χ1n) is 13.8. The summed E-state index contributed by atoms with van der Waals surface area (Å²) in [6.07, 6.45) is 2.42. The average Bonchev–Trinajstić information content (AvgIpc) is 3.73. The summed E-state index contributed by atoms with van der Waals surface area (Å²) in [5.41, 5.74) is 7.29. The van der Waals surface area contributed by atoms with Crippen molar-refractivity contribution in [2.75, 3.05) is 11.9 Å². The molecule has 0 atom stereocenters. The quantitative estimate of drug-likeness (QED) is 0.195. The topological polar surface area (TPSA) is 77.2 Å². The molecule has 6 heteroatoms. The van der Waals surface area contributed by atoms with E-state index in [0.29, 0.717) is 12.4 Å². The van der Waals surface area contributed by atoms with Crippen molar-refractivity contribution >= 4 is 17.5 Å². The van der Waals surface area contributed by atoms with E-state index in [1.807, 2.05) is 67.6 Å². The van der Waals surface area contributed by atoms with Gasteiger partial charge < -0.3 is 14.6 Å². The van der Waals surface area contributed by atoms with Crippen LogP contribution in [-0.2, 0) is 21.4 Å². The van der Waals surface area contributed by atoms with E-state index < -0.39 is 5.41 Å². The van der Waals surface area contributed by atoms with E-state index in [2.05, 4.69) is 53.8 Å². The van der Waals surface area contributed by atoms with E-state index in [-0.39, 0.29) is 5.97 Å². The number of aryl methyl sites for hydroxylation is 1. The van der Waals surface area contributed by atoms with Gasteiger partial charge >= 0.3 is 5.97 Å². The molecule has 0 saturated heterocycles. The van der Waals surface area contributed by atoms with Gasteiger partial charge in [0.15, 0.2) is 5.76 Å². The summed E-state index contributed by atoms with van der Waals surface area (Å²) in [6, 6.07) is 32.6. The second kappa shape index (κ2) is 10.8. The van der Waals surface area contributed by atoms with Gasteiger partial charge in [-0.15, -0.1) is 0 Å². The van der Waals surface area contributed by atoms with Gasteiger partial charge in [-0.25, -0.2) is 4.98 Å². The zero-order valence-corrected chi connectivity index (χ0v) is 22.7. The maximum absolute atomic E-state index is 12.5. The predicted octanol–water partition coefficient (Wildman–Crippen LogP) is 7.97. The zero-order chi connectivity index (χ0) is 27.5. The van der Waals surface area contributed by atoms with Crippen molar-refractivity contribution in [2.24, 2.45) is 0 Å². The van der Waals surface area contributed by atoms with Gasteiger partial charge in [0.1, 0.15) is 17.2 Å². The summed E-state index contributed by atoms with van der Waals surface area (Å²) >= 11 is 0. The lowest BCUT2D eigenvalue weighted by Crippen LogP contribution is -2.23. The molecule has 1 fully saturated rings. The molecule has 1 N–H and O–H groups in total. The number of rotatable bonds is 9. The number of hydrogen-bond donors (Lipinski definition) is 1. The summed E-state index contributed by atoms with van der Waals surface area (Å²) in [7, 11) is 0. The molecule has 1 saturated carbocycles. The van der Waals surface area contributed by atoms with Gasteiger partial charge in [0.05, 0.1) is 17.7 Å². The number of aromatic nitrogens is 2. The van der Waals surface area contributed by atoms with Gasteiger partial charge in [-0.2, -0.15) is 0 Å². The van der Waals surface area contributed by atoms with Crippen LogP contribution in [-0.4, -0.2) is 22.7 Å². The van der Waals surface area contributed by atoms with Crippen molar-refractivity contribution in [3.05, 3.63) is 108 Å². The van der Waals surface area contributed by atoms with Crippen LogP contribution < -0.4 is 5.32 Å². The Balaban J connectivity index is 1.24. The van der Waals surface area contributed by atoms with Crippen LogP contribution in [0.3, 0.4) is 0 Å². The fraction of sp³-hybridized carbons (Fsp3) is 0.206. The van der Waals surface area contributed by atoms with Crippen LogP contribution in [0.2, 0.25) is 0 Å². The summed E-state index contributed by atoms with van der Waals surface area (Å²) in [5, 5.41) is 7.80. The van der Waals surface area contributed by atoms with E-state index in [9.17, 15) is 4.79 Å². The first-order chi connectivity index (χ1) is 19.6. The molecular weight excluding hydrogens is 498 g/mol. The molecule has 0 amide bonds. The Labute approximate surface area is 234 Å². The third-order valence-corrected chi connectivity index (χ3v) is 7.50. The lowest BCUT2D eigenvalue weighted by atomic mass is 9.93. The van der Waals surface area contributed by atoms with Crippen molar-refractivity contribution < 1.29 is 14.1 Å². The lowest BCUT2D eigenvalue weighted by Gasteiger charge is -2.14. The number of pyridine rings is 1. The van der Waals surface area contributed by atoms with Crippen molar-refractivity contribution in [3.8, 4) is 33.7 Å². The first-order valence-corrected chi connectivity index (χ1v) is 13.8. The second-order valence-electron chi connectivity index (χ2n) is 10.0. The lowest BCUT2D eigenvalue weighted by molar-refractivity contribution is -0.146. The summed E-state index contributed by atoms with van der Waals surface area (Å²) in [5.74, 6) is 1.29. The van der Waals surface area contributed by atoms with Crippen molar-refractivity contribution in [1.29, 1.82) is 0 Å². The molecule has 1 aliphatic rings. The monoisotopic (exact) mass is 529 g/mol. The Kier molecular flexibility index (Phi) is 6.91. The van der Waals surface area contributed by atoms with Crippen LogP contribution >= 0.6 is 0 Å². The molecule has 0 aliphatic heterocycles. The number of ether oxygens (including phenoxy) is 1. The normalized spacial score (nSPS) is 13.6. The van der Waals surface area contributed by atoms with Gasteiger partial charge in [0, 0.05) is 11.1 Å². The fourth-order valence-corrected chi connectivity index (χ4v) is 5.09. The second-order valence-corrected chi connectivity index (χ2v) is 10.0. The van der Waals surface area contributed by atoms with Gasteiger partial charge in [-0.1, -0.05) is 97.0 Å². The van der Waals surface area contributed by atoms with Crippen LogP contribution in [0.4, 0.5) is 11.5 Å². The number of benzene rings is 3. The number of carbonyl (C=O) groups excluding carboxylic acids is 1. The number of nitrogens with one attached hydrogen (secondary N) is 1. The van der Waals surface area contributed by atoms with Gasteiger partial charge in [-0.3, -0.25) is 4.79 Å². The van der Waals surface area contributed by atoms with E-state index in [1.165, 1.54) is 0 Å². The minimum atomic E-state index is -0.458. The molecule has 6 rings (SSSR count). The largest absolute Gasteiger partial charge is 0.465 e. The van der Waals surface area contributed by atoms with Crippen LogP contribution in [0.25, 0.3) is 33.7 Å². The molecule has 1 aliphatic carbocycles. The predicted molar refractivity (Wildman–Crippen MR) is 157 cm³/mol. The summed E-state index contributed by atoms with van der Waals surface area (Å²) < 4.78 is 11.1. The molecule has 0 bridgehead atoms. The number of esters is 1. The average molecular weight is 530 g/mol. The van der Waals surface area contributed by atoms with E-state index >= 15 is 0 Å². The first kappa shape index (κ1) is 25.6. The maximum Gasteiger partial charge on any atom is 0.316 e. The van der Waals surface area contributed by atoms with Crippen LogP contribution in [0, 0.1) is 0 Å². The van der Waals surface area contributed by atoms with Crippen molar-refractivity contribution in [2.45, 2.75) is 38.5 Å². The van der Waals surface area contributed by atoms with Crippen LogP contribution in [0.15, 0.2) is 102 Å². The van der Waals surface area contributed by atoms with E-state index in [4.69, 9.17) is 14.2 Å². The minimum absolute atomic E-state index is 0.114. The molecule has 2 heterocycles. The number of anilines is 2. The van der Waals surface area contributed by atoms with Crippen LogP contribution in [0.1, 0.15) is 37.9 Å². The SMILES string of the molecule is CCOC(=O)C1(c2ccc(-c3ccc(-c4onc(CC)c4Nc4cccc(-c5ccccc5)n4)cc3)cc2)CC1. The Hall–Kier alpha value is -4.71.